The molecule has 264 valence electrons. The number of carboxylic acid groups (broad SMARTS) is 1. The van der Waals surface area contributed by atoms with Crippen LogP contribution >= 0.6 is 7.82 Å². The molecule has 0 spiro atoms. The van der Waals surface area contributed by atoms with E-state index in [1.165, 1.54) is 44.9 Å². The zero-order valence-electron chi connectivity index (χ0n) is 27.9. The summed E-state index contributed by atoms with van der Waals surface area (Å²) in [6.45, 7) is 2.47. The summed E-state index contributed by atoms with van der Waals surface area (Å²) in [5.74, 6) is -2.39. The van der Waals surface area contributed by atoms with Gasteiger partial charge >= 0.3 is 19.8 Å². The lowest BCUT2D eigenvalue weighted by atomic mass is 10.1. The van der Waals surface area contributed by atoms with Crippen LogP contribution in [-0.2, 0) is 32.7 Å². The molecule has 0 aromatic rings. The van der Waals surface area contributed by atoms with Crippen LogP contribution in [0.3, 0.4) is 0 Å². The van der Waals surface area contributed by atoms with Crippen molar-refractivity contribution in [3.63, 3.8) is 0 Å². The number of esters is 1. The number of phosphoric ester groups is 1. The van der Waals surface area contributed by atoms with Crippen LogP contribution < -0.4 is 5.32 Å². The van der Waals surface area contributed by atoms with E-state index in [0.717, 1.165) is 64.2 Å². The highest BCUT2D eigenvalue weighted by Gasteiger charge is 2.28. The average Bonchev–Trinajstić information content (AvgIpc) is 3.00. The number of unbranched alkanes of at least 4 members (excludes halogenated alkanes) is 16. The molecule has 0 fully saturated rings. The van der Waals surface area contributed by atoms with Crippen LogP contribution in [0.2, 0.25) is 0 Å². The van der Waals surface area contributed by atoms with Gasteiger partial charge in [0.25, 0.3) is 0 Å². The van der Waals surface area contributed by atoms with E-state index in [2.05, 4.69) is 31.3 Å². The smallest absolute Gasteiger partial charge is 0.472 e. The van der Waals surface area contributed by atoms with Gasteiger partial charge in [-0.1, -0.05) is 116 Å². The summed E-state index contributed by atoms with van der Waals surface area (Å²) in [7, 11) is -4.74. The van der Waals surface area contributed by atoms with E-state index < -0.39 is 57.6 Å². The third-order valence-corrected chi connectivity index (χ3v) is 8.24. The van der Waals surface area contributed by atoms with Gasteiger partial charge < -0.3 is 25.2 Å². The van der Waals surface area contributed by atoms with Gasteiger partial charge in [0.2, 0.25) is 5.91 Å². The molecule has 3 unspecified atom stereocenters. The quantitative estimate of drug-likeness (QED) is 0.0247. The van der Waals surface area contributed by atoms with Crippen molar-refractivity contribution in [1.29, 1.82) is 0 Å². The molecule has 0 saturated carbocycles. The lowest BCUT2D eigenvalue weighted by Crippen LogP contribution is -2.43. The molecule has 12 heteroatoms. The van der Waals surface area contributed by atoms with Crippen LogP contribution in [-0.4, -0.2) is 64.9 Å². The molecule has 0 radical (unpaired) electrons. The summed E-state index contributed by atoms with van der Waals surface area (Å²) in [4.78, 5) is 45.4. The first-order valence-electron chi connectivity index (χ1n) is 17.2. The van der Waals surface area contributed by atoms with E-state index in [0.29, 0.717) is 12.8 Å². The maximum Gasteiger partial charge on any atom is 0.472 e. The Hall–Kier alpha value is -1.78. The van der Waals surface area contributed by atoms with Crippen molar-refractivity contribution < 1.29 is 47.8 Å². The monoisotopic (exact) mass is 663 g/mol. The van der Waals surface area contributed by atoms with Crippen LogP contribution in [0.15, 0.2) is 12.2 Å². The van der Waals surface area contributed by atoms with E-state index in [9.17, 15) is 34.1 Å². The topological polar surface area (TPSA) is 169 Å². The number of aliphatic hydroxyl groups is 1. The van der Waals surface area contributed by atoms with Gasteiger partial charge in [0, 0.05) is 12.8 Å². The van der Waals surface area contributed by atoms with Crippen LogP contribution in [0.4, 0.5) is 0 Å². The number of hydrogen-bond donors (Lipinski definition) is 4. The second-order valence-electron chi connectivity index (χ2n) is 11.7. The standard InChI is InChI=1S/C33H62NO10P/c1-3-5-7-9-11-13-15-17-19-21-23-25-32(37)42-26-29(35)27-43-45(40,41)44-28-30(33(38)39)34-31(36)24-22-20-18-16-14-12-10-8-6-4-2/h8,10,29-30,35H,3-7,9,11-28H2,1-2H3,(H,34,36)(H,38,39)(H,40,41)/b10-8-. The molecular weight excluding hydrogens is 601 g/mol. The molecule has 0 heterocycles. The Morgan fingerprint density at radius 3 is 1.78 bits per heavy atom. The highest BCUT2D eigenvalue weighted by Crippen LogP contribution is 2.43. The van der Waals surface area contributed by atoms with Crippen molar-refractivity contribution >= 4 is 25.7 Å². The fraction of sp³-hybridized carbons (Fsp3) is 0.848. The maximum atomic E-state index is 12.2. The number of nitrogens with one attached hydrogen (secondary N) is 1. The summed E-state index contributed by atoms with van der Waals surface area (Å²) in [5, 5.41) is 21.6. The van der Waals surface area contributed by atoms with Crippen molar-refractivity contribution in [2.45, 2.75) is 161 Å². The number of allylic oxidation sites excluding steroid dienone is 2. The first-order chi connectivity index (χ1) is 21.6. The highest BCUT2D eigenvalue weighted by molar-refractivity contribution is 7.47. The van der Waals surface area contributed by atoms with E-state index in [1.54, 1.807) is 0 Å². The van der Waals surface area contributed by atoms with Gasteiger partial charge in [-0.15, -0.1) is 0 Å². The number of rotatable bonds is 32. The summed E-state index contributed by atoms with van der Waals surface area (Å²) in [5.41, 5.74) is 0. The van der Waals surface area contributed by atoms with Crippen LogP contribution in [0.25, 0.3) is 0 Å². The summed E-state index contributed by atoms with van der Waals surface area (Å²) in [6, 6.07) is -1.54. The van der Waals surface area contributed by atoms with E-state index >= 15 is 0 Å². The van der Waals surface area contributed by atoms with Gasteiger partial charge in [0.15, 0.2) is 6.04 Å². The first-order valence-corrected chi connectivity index (χ1v) is 18.7. The van der Waals surface area contributed by atoms with Crippen LogP contribution in [0, 0.1) is 0 Å². The van der Waals surface area contributed by atoms with E-state index in [-0.39, 0.29) is 12.8 Å². The predicted octanol–water partition coefficient (Wildman–Crippen LogP) is 7.38. The van der Waals surface area contributed by atoms with E-state index in [1.807, 2.05) is 0 Å². The average molecular weight is 664 g/mol. The number of amides is 1. The Labute approximate surface area is 271 Å². The second-order valence-corrected chi connectivity index (χ2v) is 13.2. The second kappa shape index (κ2) is 29.6. The molecule has 0 aliphatic rings. The number of hydrogen-bond acceptors (Lipinski definition) is 8. The molecule has 45 heavy (non-hydrogen) atoms. The molecule has 0 aromatic carbocycles. The lowest BCUT2D eigenvalue weighted by molar-refractivity contribution is -0.147. The molecule has 0 bridgehead atoms. The van der Waals surface area contributed by atoms with Gasteiger partial charge in [0.1, 0.15) is 12.7 Å². The van der Waals surface area contributed by atoms with Crippen molar-refractivity contribution in [3.8, 4) is 0 Å². The normalized spacial score (nSPS) is 14.2. The minimum absolute atomic E-state index is 0.137. The first kappa shape index (κ1) is 43.2. The minimum Gasteiger partial charge on any atom is -0.480 e. The highest BCUT2D eigenvalue weighted by atomic mass is 31.2. The van der Waals surface area contributed by atoms with Crippen molar-refractivity contribution in [3.05, 3.63) is 12.2 Å². The van der Waals surface area contributed by atoms with Gasteiger partial charge in [-0.25, -0.2) is 9.36 Å². The number of carbonyl (C=O) groups is 3. The molecule has 0 aromatic heterocycles. The molecule has 0 aliphatic heterocycles. The van der Waals surface area contributed by atoms with Crippen molar-refractivity contribution in [1.82, 2.24) is 5.32 Å². The maximum absolute atomic E-state index is 12.2. The fourth-order valence-electron chi connectivity index (χ4n) is 4.55. The molecule has 4 N–H and O–H groups in total. The fourth-order valence-corrected chi connectivity index (χ4v) is 5.32. The van der Waals surface area contributed by atoms with Crippen molar-refractivity contribution in [2.24, 2.45) is 0 Å². The number of carboxylic acids is 1. The number of aliphatic carboxylic acids is 1. The largest absolute Gasteiger partial charge is 0.480 e. The van der Waals surface area contributed by atoms with Gasteiger partial charge in [-0.2, -0.15) is 0 Å². The SMILES string of the molecule is CCC/C=C\CCCCCCCC(=O)NC(COP(=O)(O)OCC(O)COC(=O)CCCCCCCCCCCCC)C(=O)O. The molecule has 0 saturated heterocycles. The summed E-state index contributed by atoms with van der Waals surface area (Å²) >= 11 is 0. The summed E-state index contributed by atoms with van der Waals surface area (Å²) < 4.78 is 26.6. The number of ether oxygens (including phenoxy) is 1. The Balaban J connectivity index is 4.02. The molecular formula is C33H62NO10P. The molecule has 11 nitrogen and oxygen atoms in total. The van der Waals surface area contributed by atoms with Gasteiger partial charge in [0.05, 0.1) is 13.2 Å². The van der Waals surface area contributed by atoms with Gasteiger partial charge in [-0.05, 0) is 32.1 Å². The van der Waals surface area contributed by atoms with Crippen LogP contribution in [0.5, 0.6) is 0 Å². The van der Waals surface area contributed by atoms with E-state index in [4.69, 9.17) is 13.8 Å². The van der Waals surface area contributed by atoms with Gasteiger partial charge in [-0.3, -0.25) is 18.6 Å². The number of carbonyl (C=O) groups excluding carboxylic acids is 2. The molecule has 1 amide bonds. The Morgan fingerprint density at radius 1 is 0.689 bits per heavy atom. The Morgan fingerprint density at radius 2 is 1.20 bits per heavy atom. The van der Waals surface area contributed by atoms with Crippen molar-refractivity contribution in [2.75, 3.05) is 19.8 Å². The van der Waals surface area contributed by atoms with Crippen LogP contribution in [0.1, 0.15) is 149 Å². The lowest BCUT2D eigenvalue weighted by Gasteiger charge is -2.18. The number of aliphatic hydroxyl groups excluding tert-OH is 1. The summed E-state index contributed by atoms with van der Waals surface area (Å²) in [6.07, 6.45) is 24.0. The third-order valence-electron chi connectivity index (χ3n) is 7.29. The Bertz CT molecular complexity index is 838. The predicted molar refractivity (Wildman–Crippen MR) is 176 cm³/mol. The third kappa shape index (κ3) is 29.4. The zero-order valence-corrected chi connectivity index (χ0v) is 28.8. The number of phosphoric acid groups is 1. The molecule has 0 rings (SSSR count). The Kier molecular flexibility index (Phi) is 28.4. The molecule has 3 atom stereocenters. The minimum atomic E-state index is -4.74. The molecule has 0 aliphatic carbocycles. The zero-order chi connectivity index (χ0) is 33.6.